The summed E-state index contributed by atoms with van der Waals surface area (Å²) < 4.78 is 12.5. The molecule has 212 valence electrons. The summed E-state index contributed by atoms with van der Waals surface area (Å²) in [4.78, 5) is 7.19. The van der Waals surface area contributed by atoms with Crippen molar-refractivity contribution in [2.45, 2.75) is 0 Å². The molecule has 9 aromatic rings. The topological polar surface area (TPSA) is 42.4 Å². The van der Waals surface area contributed by atoms with Crippen molar-refractivity contribution in [1.29, 1.82) is 0 Å². The van der Waals surface area contributed by atoms with Crippen LogP contribution in [0.2, 0.25) is 0 Å². The summed E-state index contributed by atoms with van der Waals surface area (Å²) in [6, 6.07) is 54.4. The number of hydrogen-bond acceptors (Lipinski definition) is 4. The Labute approximate surface area is 259 Å². The second-order valence-electron chi connectivity index (χ2n) is 11.2. The van der Waals surface area contributed by atoms with Gasteiger partial charge in [-0.3, -0.25) is 0 Å². The van der Waals surface area contributed by atoms with E-state index in [4.69, 9.17) is 13.8 Å². The lowest BCUT2D eigenvalue weighted by molar-refractivity contribution is 0.620. The predicted octanol–water partition coefficient (Wildman–Crippen LogP) is 11.7. The van der Waals surface area contributed by atoms with Crippen LogP contribution in [0.3, 0.4) is 0 Å². The molecule has 4 heteroatoms. The first-order valence-corrected chi connectivity index (χ1v) is 15.0. The Morgan fingerprint density at radius 3 is 2.00 bits per heavy atom. The Bertz CT molecular complexity index is 2480. The number of rotatable bonds is 5. The van der Waals surface area contributed by atoms with Gasteiger partial charge in [0.15, 0.2) is 5.58 Å². The Morgan fingerprint density at radius 1 is 0.444 bits per heavy atom. The van der Waals surface area contributed by atoms with E-state index >= 15 is 0 Å². The van der Waals surface area contributed by atoms with E-state index < -0.39 is 0 Å². The van der Waals surface area contributed by atoms with Gasteiger partial charge in [0.05, 0.1) is 0 Å². The van der Waals surface area contributed by atoms with E-state index in [9.17, 15) is 0 Å². The summed E-state index contributed by atoms with van der Waals surface area (Å²) in [5.41, 5.74) is 9.67. The molecule has 2 aromatic heterocycles. The van der Waals surface area contributed by atoms with Crippen molar-refractivity contribution in [2.24, 2.45) is 0 Å². The molecule has 0 saturated heterocycles. The van der Waals surface area contributed by atoms with Gasteiger partial charge in [0, 0.05) is 39.0 Å². The standard InChI is InChI=1S/C41H26N2O2/c1-3-11-29(12-4-1)41-42-40-34(16-9-17-38(40)45-41)28-18-21-31(22-19-28)43(30-13-5-2-6-14-30)32-23-25-36-35(26-32)39-33-15-8-7-10-27(33)20-24-37(39)44-36/h1-26H. The van der Waals surface area contributed by atoms with Crippen molar-refractivity contribution in [3.63, 3.8) is 0 Å². The van der Waals surface area contributed by atoms with Crippen LogP contribution >= 0.6 is 0 Å². The molecule has 0 spiro atoms. The van der Waals surface area contributed by atoms with Crippen LogP contribution in [0.25, 0.3) is 66.4 Å². The largest absolute Gasteiger partial charge is 0.456 e. The first kappa shape index (κ1) is 25.4. The third-order valence-electron chi connectivity index (χ3n) is 8.49. The Kier molecular flexibility index (Phi) is 5.78. The molecule has 45 heavy (non-hydrogen) atoms. The van der Waals surface area contributed by atoms with E-state index in [0.717, 1.165) is 66.8 Å². The van der Waals surface area contributed by atoms with Crippen LogP contribution in [0.5, 0.6) is 0 Å². The molecule has 0 fully saturated rings. The van der Waals surface area contributed by atoms with Gasteiger partial charge in [-0.15, -0.1) is 0 Å². The first-order valence-electron chi connectivity index (χ1n) is 15.0. The highest BCUT2D eigenvalue weighted by molar-refractivity contribution is 6.19. The van der Waals surface area contributed by atoms with E-state index in [1.54, 1.807) is 0 Å². The number of anilines is 3. The summed E-state index contributed by atoms with van der Waals surface area (Å²) in [6.07, 6.45) is 0. The van der Waals surface area contributed by atoms with Crippen molar-refractivity contribution in [3.05, 3.63) is 158 Å². The fraction of sp³-hybridized carbons (Fsp3) is 0. The lowest BCUT2D eigenvalue weighted by atomic mass is 10.0. The summed E-state index contributed by atoms with van der Waals surface area (Å²) in [7, 11) is 0. The third kappa shape index (κ3) is 4.27. The SMILES string of the molecule is c1ccc(-c2nc3c(-c4ccc(N(c5ccccc5)c5ccc6oc7ccc8ccccc8c7c6c5)cc4)cccc3o2)cc1. The van der Waals surface area contributed by atoms with E-state index in [2.05, 4.69) is 114 Å². The van der Waals surface area contributed by atoms with Gasteiger partial charge in [-0.2, -0.15) is 0 Å². The highest BCUT2D eigenvalue weighted by atomic mass is 16.3. The van der Waals surface area contributed by atoms with E-state index in [0.29, 0.717) is 5.89 Å². The van der Waals surface area contributed by atoms with E-state index in [1.165, 1.54) is 10.8 Å². The highest BCUT2D eigenvalue weighted by Gasteiger charge is 2.18. The number of aromatic nitrogens is 1. The van der Waals surface area contributed by atoms with Crippen LogP contribution in [-0.2, 0) is 0 Å². The second kappa shape index (κ2) is 10.2. The van der Waals surface area contributed by atoms with Crippen LogP contribution in [0.1, 0.15) is 0 Å². The van der Waals surface area contributed by atoms with Gasteiger partial charge in [0.25, 0.3) is 0 Å². The van der Waals surface area contributed by atoms with Gasteiger partial charge in [0.2, 0.25) is 5.89 Å². The van der Waals surface area contributed by atoms with Gasteiger partial charge in [-0.05, 0) is 83.1 Å². The fourth-order valence-corrected chi connectivity index (χ4v) is 6.37. The Hall–Kier alpha value is -6.13. The van der Waals surface area contributed by atoms with E-state index in [1.807, 2.05) is 48.5 Å². The molecule has 2 heterocycles. The highest BCUT2D eigenvalue weighted by Crippen LogP contribution is 2.41. The van der Waals surface area contributed by atoms with Crippen molar-refractivity contribution in [3.8, 4) is 22.6 Å². The lowest BCUT2D eigenvalue weighted by Crippen LogP contribution is -2.09. The zero-order valence-corrected chi connectivity index (χ0v) is 24.2. The van der Waals surface area contributed by atoms with Gasteiger partial charge in [-0.25, -0.2) is 4.98 Å². The molecule has 7 aromatic carbocycles. The second-order valence-corrected chi connectivity index (χ2v) is 11.2. The van der Waals surface area contributed by atoms with Crippen molar-refractivity contribution >= 4 is 60.9 Å². The monoisotopic (exact) mass is 578 g/mol. The van der Waals surface area contributed by atoms with Gasteiger partial charge in [-0.1, -0.05) is 91.0 Å². The summed E-state index contributed by atoms with van der Waals surface area (Å²) >= 11 is 0. The van der Waals surface area contributed by atoms with Crippen molar-refractivity contribution < 1.29 is 8.83 Å². The molecule has 0 bridgehead atoms. The minimum absolute atomic E-state index is 0.625. The number of para-hydroxylation sites is 2. The van der Waals surface area contributed by atoms with Crippen LogP contribution in [0, 0.1) is 0 Å². The maximum atomic E-state index is 6.30. The molecular formula is C41H26N2O2. The summed E-state index contributed by atoms with van der Waals surface area (Å²) in [5.74, 6) is 0.625. The van der Waals surface area contributed by atoms with Crippen molar-refractivity contribution in [2.75, 3.05) is 4.90 Å². The molecule has 0 radical (unpaired) electrons. The molecule has 0 atom stereocenters. The van der Waals surface area contributed by atoms with Crippen molar-refractivity contribution in [1.82, 2.24) is 4.98 Å². The average molecular weight is 579 g/mol. The Morgan fingerprint density at radius 2 is 1.16 bits per heavy atom. The average Bonchev–Trinajstić information content (AvgIpc) is 3.72. The fourth-order valence-electron chi connectivity index (χ4n) is 6.37. The number of nitrogens with zero attached hydrogens (tertiary/aromatic N) is 2. The molecule has 0 aliphatic rings. The maximum absolute atomic E-state index is 6.30. The van der Waals surface area contributed by atoms with Crippen LogP contribution in [-0.4, -0.2) is 4.98 Å². The van der Waals surface area contributed by atoms with Crippen LogP contribution < -0.4 is 4.90 Å². The molecule has 0 N–H and O–H groups in total. The third-order valence-corrected chi connectivity index (χ3v) is 8.49. The predicted molar refractivity (Wildman–Crippen MR) is 184 cm³/mol. The molecular weight excluding hydrogens is 552 g/mol. The zero-order chi connectivity index (χ0) is 29.7. The molecule has 0 unspecified atom stereocenters. The molecule has 4 nitrogen and oxygen atoms in total. The molecule has 9 rings (SSSR count). The summed E-state index contributed by atoms with van der Waals surface area (Å²) in [6.45, 7) is 0. The van der Waals surface area contributed by atoms with E-state index in [-0.39, 0.29) is 0 Å². The maximum Gasteiger partial charge on any atom is 0.227 e. The smallest absolute Gasteiger partial charge is 0.227 e. The van der Waals surface area contributed by atoms with Gasteiger partial charge >= 0.3 is 0 Å². The number of oxazole rings is 1. The minimum Gasteiger partial charge on any atom is -0.456 e. The first-order chi connectivity index (χ1) is 22.3. The minimum atomic E-state index is 0.625. The summed E-state index contributed by atoms with van der Waals surface area (Å²) in [5, 5.41) is 4.64. The lowest BCUT2D eigenvalue weighted by Gasteiger charge is -2.25. The molecule has 0 aliphatic carbocycles. The van der Waals surface area contributed by atoms with Gasteiger partial charge in [0.1, 0.15) is 16.7 Å². The van der Waals surface area contributed by atoms with Gasteiger partial charge < -0.3 is 13.7 Å². The number of fused-ring (bicyclic) bond motifs is 6. The Balaban J connectivity index is 1.16. The van der Waals surface area contributed by atoms with Crippen LogP contribution in [0.15, 0.2) is 167 Å². The number of furan rings is 1. The van der Waals surface area contributed by atoms with Crippen LogP contribution in [0.4, 0.5) is 17.1 Å². The number of hydrogen-bond donors (Lipinski definition) is 0. The normalized spacial score (nSPS) is 11.6. The quantitative estimate of drug-likeness (QED) is 0.204. The molecule has 0 amide bonds. The molecule has 0 saturated carbocycles. The number of benzene rings is 7. The molecule has 0 aliphatic heterocycles. The zero-order valence-electron chi connectivity index (χ0n) is 24.2.